The third-order valence-corrected chi connectivity index (χ3v) is 2.61. The lowest BCUT2D eigenvalue weighted by Gasteiger charge is -2.07. The highest BCUT2D eigenvalue weighted by molar-refractivity contribution is 7.97. The minimum absolute atomic E-state index is 0.0588. The Morgan fingerprint density at radius 2 is 2.31 bits per heavy atom. The van der Waals surface area contributed by atoms with E-state index in [9.17, 15) is 4.79 Å². The van der Waals surface area contributed by atoms with Crippen molar-refractivity contribution in [3.05, 3.63) is 11.3 Å². The standard InChI is InChI=1S/C10H17NOS/c1-2-3-7-11-9-6-4-5-8(9)10(12)13/h11H,2-7H2,1H3,(H,12,13). The first-order valence-electron chi connectivity index (χ1n) is 4.95. The topological polar surface area (TPSA) is 29.1 Å². The minimum atomic E-state index is -0.0588. The van der Waals surface area contributed by atoms with E-state index < -0.39 is 0 Å². The molecule has 0 fully saturated rings. The average Bonchev–Trinajstić information content (AvgIpc) is 2.53. The largest absolute Gasteiger partial charge is 0.388 e. The van der Waals surface area contributed by atoms with Crippen molar-refractivity contribution in [2.24, 2.45) is 0 Å². The molecule has 0 aliphatic heterocycles. The van der Waals surface area contributed by atoms with Gasteiger partial charge in [-0.2, -0.15) is 0 Å². The van der Waals surface area contributed by atoms with Crippen molar-refractivity contribution in [2.45, 2.75) is 39.0 Å². The number of nitrogens with one attached hydrogen (secondary N) is 1. The molecule has 1 aliphatic carbocycles. The highest BCUT2D eigenvalue weighted by Gasteiger charge is 2.17. The lowest BCUT2D eigenvalue weighted by molar-refractivity contribution is -0.107. The van der Waals surface area contributed by atoms with Crippen LogP contribution in [0.1, 0.15) is 39.0 Å². The van der Waals surface area contributed by atoms with Crippen LogP contribution in [0, 0.1) is 0 Å². The number of unbranched alkanes of at least 4 members (excludes halogenated alkanes) is 1. The maximum absolute atomic E-state index is 11.1. The molecule has 74 valence electrons. The maximum Gasteiger partial charge on any atom is 0.214 e. The summed E-state index contributed by atoms with van der Waals surface area (Å²) in [7, 11) is 0. The Morgan fingerprint density at radius 3 is 2.92 bits per heavy atom. The molecule has 13 heavy (non-hydrogen) atoms. The van der Waals surface area contributed by atoms with Crippen LogP contribution in [0.4, 0.5) is 0 Å². The fourth-order valence-corrected chi connectivity index (χ4v) is 1.84. The average molecular weight is 199 g/mol. The molecule has 2 nitrogen and oxygen atoms in total. The van der Waals surface area contributed by atoms with E-state index in [-0.39, 0.29) is 5.12 Å². The van der Waals surface area contributed by atoms with Gasteiger partial charge in [-0.05, 0) is 25.7 Å². The van der Waals surface area contributed by atoms with Gasteiger partial charge in [0.15, 0.2) is 0 Å². The molecule has 0 saturated heterocycles. The number of carbonyl (C=O) groups excluding carboxylic acids is 1. The van der Waals surface area contributed by atoms with E-state index in [1.165, 1.54) is 6.42 Å². The maximum atomic E-state index is 11.1. The van der Waals surface area contributed by atoms with Crippen molar-refractivity contribution in [1.29, 1.82) is 0 Å². The first kappa shape index (κ1) is 10.6. The highest BCUT2D eigenvalue weighted by atomic mass is 32.1. The Morgan fingerprint density at radius 1 is 1.54 bits per heavy atom. The van der Waals surface area contributed by atoms with Gasteiger partial charge in [0.05, 0.1) is 0 Å². The van der Waals surface area contributed by atoms with Crippen LogP contribution in [0.15, 0.2) is 11.3 Å². The van der Waals surface area contributed by atoms with Crippen molar-refractivity contribution in [1.82, 2.24) is 5.32 Å². The van der Waals surface area contributed by atoms with Crippen molar-refractivity contribution < 1.29 is 4.79 Å². The summed E-state index contributed by atoms with van der Waals surface area (Å²) in [5.74, 6) is 0. The fraction of sp³-hybridized carbons (Fsp3) is 0.700. The molecule has 0 aromatic rings. The van der Waals surface area contributed by atoms with E-state index in [1.54, 1.807) is 0 Å². The zero-order valence-corrected chi connectivity index (χ0v) is 8.99. The molecule has 0 heterocycles. The quantitative estimate of drug-likeness (QED) is 0.525. The second kappa shape index (κ2) is 5.32. The van der Waals surface area contributed by atoms with Crippen molar-refractivity contribution in [3.63, 3.8) is 0 Å². The van der Waals surface area contributed by atoms with E-state index in [0.717, 1.165) is 43.5 Å². The summed E-state index contributed by atoms with van der Waals surface area (Å²) in [6.45, 7) is 3.14. The summed E-state index contributed by atoms with van der Waals surface area (Å²) in [5, 5.41) is 3.27. The number of hydrogen-bond donors (Lipinski definition) is 2. The Balaban J connectivity index is 2.45. The SMILES string of the molecule is CCCCNC1=C(C(=O)S)CCC1. The van der Waals surface area contributed by atoms with Gasteiger partial charge in [-0.3, -0.25) is 4.79 Å². The zero-order chi connectivity index (χ0) is 9.68. The monoisotopic (exact) mass is 199 g/mol. The summed E-state index contributed by atoms with van der Waals surface area (Å²) in [5.41, 5.74) is 2.04. The first-order valence-corrected chi connectivity index (χ1v) is 5.39. The molecular formula is C10H17NOS. The third kappa shape index (κ3) is 3.07. The predicted molar refractivity (Wildman–Crippen MR) is 57.8 cm³/mol. The number of hydrogen-bond acceptors (Lipinski definition) is 2. The van der Waals surface area contributed by atoms with Gasteiger partial charge in [-0.25, -0.2) is 0 Å². The predicted octanol–water partition coefficient (Wildman–Crippen LogP) is 2.27. The molecule has 0 spiro atoms. The van der Waals surface area contributed by atoms with E-state index in [1.807, 2.05) is 0 Å². The lowest BCUT2D eigenvalue weighted by Crippen LogP contribution is -2.15. The molecule has 1 rings (SSSR count). The normalized spacial score (nSPS) is 16.5. The van der Waals surface area contributed by atoms with Crippen LogP contribution in [-0.4, -0.2) is 11.7 Å². The number of allylic oxidation sites excluding steroid dienone is 1. The van der Waals surface area contributed by atoms with Crippen LogP contribution in [0.2, 0.25) is 0 Å². The van der Waals surface area contributed by atoms with Crippen LogP contribution in [0.3, 0.4) is 0 Å². The second-order valence-electron chi connectivity index (χ2n) is 3.40. The van der Waals surface area contributed by atoms with Gasteiger partial charge in [0.2, 0.25) is 5.12 Å². The van der Waals surface area contributed by atoms with E-state index in [0.29, 0.717) is 0 Å². The summed E-state index contributed by atoms with van der Waals surface area (Å²) >= 11 is 3.86. The molecule has 0 aromatic heterocycles. The lowest BCUT2D eigenvalue weighted by atomic mass is 10.2. The van der Waals surface area contributed by atoms with Gasteiger partial charge < -0.3 is 5.32 Å². The Kier molecular flexibility index (Phi) is 4.36. The molecule has 0 unspecified atom stereocenters. The first-order chi connectivity index (χ1) is 6.25. The van der Waals surface area contributed by atoms with Gasteiger partial charge in [-0.15, -0.1) is 12.6 Å². The molecule has 1 N–H and O–H groups in total. The minimum Gasteiger partial charge on any atom is -0.388 e. The molecule has 0 saturated carbocycles. The number of carbonyl (C=O) groups is 1. The van der Waals surface area contributed by atoms with Crippen LogP contribution in [0.5, 0.6) is 0 Å². The molecule has 0 bridgehead atoms. The Labute approximate surface area is 85.2 Å². The number of rotatable bonds is 5. The smallest absolute Gasteiger partial charge is 0.214 e. The molecule has 0 aromatic carbocycles. The van der Waals surface area contributed by atoms with Gasteiger partial charge >= 0.3 is 0 Å². The zero-order valence-electron chi connectivity index (χ0n) is 8.10. The summed E-state index contributed by atoms with van der Waals surface area (Å²) < 4.78 is 0. The van der Waals surface area contributed by atoms with Crippen molar-refractivity contribution in [2.75, 3.05) is 6.54 Å². The van der Waals surface area contributed by atoms with Gasteiger partial charge in [-0.1, -0.05) is 13.3 Å². The van der Waals surface area contributed by atoms with Gasteiger partial charge in [0.25, 0.3) is 0 Å². The number of thiol groups is 1. The summed E-state index contributed by atoms with van der Waals surface area (Å²) in [6.07, 6.45) is 5.36. The van der Waals surface area contributed by atoms with Crippen LogP contribution in [-0.2, 0) is 4.79 Å². The van der Waals surface area contributed by atoms with Crippen LogP contribution in [0.25, 0.3) is 0 Å². The molecule has 0 atom stereocenters. The van der Waals surface area contributed by atoms with Gasteiger partial charge in [0.1, 0.15) is 0 Å². The Bertz CT molecular complexity index is 223. The molecule has 1 aliphatic rings. The van der Waals surface area contributed by atoms with E-state index in [2.05, 4.69) is 24.9 Å². The van der Waals surface area contributed by atoms with E-state index in [4.69, 9.17) is 0 Å². The summed E-state index contributed by atoms with van der Waals surface area (Å²) in [6, 6.07) is 0. The molecular weight excluding hydrogens is 182 g/mol. The molecule has 0 amide bonds. The summed E-state index contributed by atoms with van der Waals surface area (Å²) in [4.78, 5) is 11.1. The van der Waals surface area contributed by atoms with E-state index >= 15 is 0 Å². The molecule has 0 radical (unpaired) electrons. The van der Waals surface area contributed by atoms with Crippen LogP contribution >= 0.6 is 12.6 Å². The second-order valence-corrected chi connectivity index (χ2v) is 3.80. The van der Waals surface area contributed by atoms with Crippen LogP contribution < -0.4 is 5.32 Å². The van der Waals surface area contributed by atoms with Crippen molar-refractivity contribution >= 4 is 17.7 Å². The highest BCUT2D eigenvalue weighted by Crippen LogP contribution is 2.25. The fourth-order valence-electron chi connectivity index (χ4n) is 1.59. The Hall–Kier alpha value is -0.440. The van der Waals surface area contributed by atoms with Gasteiger partial charge in [0, 0.05) is 17.8 Å². The third-order valence-electron chi connectivity index (χ3n) is 2.34. The van der Waals surface area contributed by atoms with Crippen molar-refractivity contribution in [3.8, 4) is 0 Å². The molecule has 3 heteroatoms.